The summed E-state index contributed by atoms with van der Waals surface area (Å²) in [5.74, 6) is -3.78. The van der Waals surface area contributed by atoms with Crippen LogP contribution in [0.4, 0.5) is 10.1 Å². The van der Waals surface area contributed by atoms with Crippen molar-refractivity contribution in [3.05, 3.63) is 34.7 Å². The van der Waals surface area contributed by atoms with Crippen LogP contribution in [0.25, 0.3) is 0 Å². The quantitative estimate of drug-likeness (QED) is 0.522. The highest BCUT2D eigenvalue weighted by Gasteiger charge is 2.38. The van der Waals surface area contributed by atoms with Crippen molar-refractivity contribution in [3.63, 3.8) is 0 Å². The first kappa shape index (κ1) is 16.1. The molecule has 0 saturated carbocycles. The number of benzene rings is 1. The van der Waals surface area contributed by atoms with E-state index in [-0.39, 0.29) is 22.0 Å². The Balaban J connectivity index is 2.22. The molecule has 1 aliphatic heterocycles. The number of hydrogen-bond acceptors (Lipinski definition) is 6. The van der Waals surface area contributed by atoms with Crippen LogP contribution < -0.4 is 10.1 Å². The summed E-state index contributed by atoms with van der Waals surface area (Å²) in [6, 6.07) is 2.48. The second kappa shape index (κ2) is 5.84. The van der Waals surface area contributed by atoms with Crippen molar-refractivity contribution in [3.8, 4) is 5.75 Å². The number of carbonyl (C=O) groups is 2. The van der Waals surface area contributed by atoms with E-state index in [2.05, 4.69) is 5.32 Å². The summed E-state index contributed by atoms with van der Waals surface area (Å²) in [5, 5.41) is 2.63. The van der Waals surface area contributed by atoms with E-state index >= 15 is 0 Å². The third-order valence-corrected chi connectivity index (χ3v) is 2.98. The predicted octanol–water partition coefficient (Wildman–Crippen LogP) is 2.62. The number of hydrogen-bond donors (Lipinski definition) is 1. The molecule has 0 aliphatic carbocycles. The van der Waals surface area contributed by atoms with Crippen molar-refractivity contribution < 1.29 is 28.2 Å². The van der Waals surface area contributed by atoms with E-state index in [0.717, 1.165) is 12.3 Å². The molecular weight excluding hydrogens is 317 g/mol. The van der Waals surface area contributed by atoms with Crippen LogP contribution in [0.3, 0.4) is 0 Å². The van der Waals surface area contributed by atoms with Crippen LogP contribution in [0.1, 0.15) is 13.8 Å². The van der Waals surface area contributed by atoms with E-state index in [0.29, 0.717) is 0 Å². The van der Waals surface area contributed by atoms with Crippen molar-refractivity contribution in [1.29, 1.82) is 0 Å². The number of anilines is 1. The standard InChI is InChI=1S/C14H13ClFNO5/c1-14(2)21-12(18)8(13(19)22-14)6-17-7-4-9(15)11(20-3)10(16)5-7/h4-6,17H,1-3H3. The Kier molecular flexibility index (Phi) is 4.27. The van der Waals surface area contributed by atoms with Gasteiger partial charge in [-0.15, -0.1) is 0 Å². The number of halogens is 2. The Hall–Kier alpha value is -2.28. The molecule has 1 aromatic rings. The van der Waals surface area contributed by atoms with Crippen LogP contribution >= 0.6 is 11.6 Å². The number of ether oxygens (including phenoxy) is 3. The van der Waals surface area contributed by atoms with Gasteiger partial charge in [0.25, 0.3) is 5.79 Å². The van der Waals surface area contributed by atoms with Crippen molar-refractivity contribution in [1.82, 2.24) is 0 Å². The fraction of sp³-hybridized carbons (Fsp3) is 0.286. The lowest BCUT2D eigenvalue weighted by molar-refractivity contribution is -0.222. The molecule has 1 fully saturated rings. The fourth-order valence-electron chi connectivity index (χ4n) is 1.77. The van der Waals surface area contributed by atoms with Crippen molar-refractivity contribution in [2.24, 2.45) is 0 Å². The van der Waals surface area contributed by atoms with Crippen LogP contribution in [-0.2, 0) is 19.1 Å². The molecule has 6 nitrogen and oxygen atoms in total. The molecule has 0 unspecified atom stereocenters. The second-order valence-corrected chi connectivity index (χ2v) is 5.26. The summed E-state index contributed by atoms with van der Waals surface area (Å²) in [4.78, 5) is 23.4. The van der Waals surface area contributed by atoms with Crippen LogP contribution in [0.15, 0.2) is 23.9 Å². The number of methoxy groups -OCH3 is 1. The van der Waals surface area contributed by atoms with Crippen LogP contribution in [-0.4, -0.2) is 24.8 Å². The summed E-state index contributed by atoms with van der Waals surface area (Å²) < 4.78 is 28.3. The first-order valence-corrected chi connectivity index (χ1v) is 6.58. The lowest BCUT2D eigenvalue weighted by Crippen LogP contribution is -2.42. The summed E-state index contributed by atoms with van der Waals surface area (Å²) in [7, 11) is 1.29. The van der Waals surface area contributed by atoms with Gasteiger partial charge in [-0.2, -0.15) is 0 Å². The maximum atomic E-state index is 13.7. The summed E-state index contributed by atoms with van der Waals surface area (Å²) >= 11 is 5.84. The molecule has 22 heavy (non-hydrogen) atoms. The smallest absolute Gasteiger partial charge is 0.350 e. The zero-order valence-electron chi connectivity index (χ0n) is 12.0. The minimum atomic E-state index is -1.32. The molecule has 8 heteroatoms. The average molecular weight is 330 g/mol. The number of esters is 2. The van der Waals surface area contributed by atoms with Crippen molar-refractivity contribution >= 4 is 29.2 Å². The molecule has 1 heterocycles. The van der Waals surface area contributed by atoms with Gasteiger partial charge in [0.05, 0.1) is 12.1 Å². The minimum absolute atomic E-state index is 0.0401. The Morgan fingerprint density at radius 2 is 1.86 bits per heavy atom. The number of cyclic esters (lactones) is 2. The van der Waals surface area contributed by atoms with Gasteiger partial charge in [0.15, 0.2) is 17.1 Å². The highest BCUT2D eigenvalue weighted by Crippen LogP contribution is 2.31. The van der Waals surface area contributed by atoms with Gasteiger partial charge < -0.3 is 19.5 Å². The zero-order chi connectivity index (χ0) is 16.5. The molecule has 1 N–H and O–H groups in total. The maximum absolute atomic E-state index is 13.7. The Bertz CT molecular complexity index is 626. The third kappa shape index (κ3) is 3.30. The van der Waals surface area contributed by atoms with Gasteiger partial charge in [0, 0.05) is 31.8 Å². The normalized spacial score (nSPS) is 16.7. The van der Waals surface area contributed by atoms with Crippen LogP contribution in [0.5, 0.6) is 5.75 Å². The summed E-state index contributed by atoms with van der Waals surface area (Å²) in [6.45, 7) is 2.87. The van der Waals surface area contributed by atoms with Crippen LogP contribution in [0.2, 0.25) is 5.02 Å². The third-order valence-electron chi connectivity index (χ3n) is 2.70. The Morgan fingerprint density at radius 3 is 2.36 bits per heavy atom. The van der Waals surface area contributed by atoms with Gasteiger partial charge in [0.1, 0.15) is 0 Å². The summed E-state index contributed by atoms with van der Waals surface area (Å²) in [6.07, 6.45) is 1.07. The minimum Gasteiger partial charge on any atom is -0.492 e. The molecule has 0 atom stereocenters. The SMILES string of the molecule is COc1c(F)cc(NC=C2C(=O)OC(C)(C)OC2=O)cc1Cl. The molecule has 1 aliphatic rings. The van der Waals surface area contributed by atoms with Gasteiger partial charge in [0.2, 0.25) is 0 Å². The molecular formula is C14H13ClFNO5. The van der Waals surface area contributed by atoms with E-state index < -0.39 is 23.5 Å². The predicted molar refractivity (Wildman–Crippen MR) is 75.9 cm³/mol. The van der Waals surface area contributed by atoms with E-state index in [1.165, 1.54) is 27.0 Å². The second-order valence-electron chi connectivity index (χ2n) is 4.85. The van der Waals surface area contributed by atoms with Crippen LogP contribution in [0, 0.1) is 5.82 Å². The fourth-order valence-corrected chi connectivity index (χ4v) is 2.06. The lowest BCUT2D eigenvalue weighted by Gasteiger charge is -2.29. The van der Waals surface area contributed by atoms with Gasteiger partial charge in [-0.05, 0) is 6.07 Å². The highest BCUT2D eigenvalue weighted by atomic mass is 35.5. The van der Waals surface area contributed by atoms with E-state index in [1.54, 1.807) is 0 Å². The summed E-state index contributed by atoms with van der Waals surface area (Å²) in [5.41, 5.74) is -0.118. The Labute approximate surface area is 130 Å². The monoisotopic (exact) mass is 329 g/mol. The molecule has 0 amide bonds. The number of rotatable bonds is 3. The maximum Gasteiger partial charge on any atom is 0.350 e. The van der Waals surface area contributed by atoms with Gasteiger partial charge >= 0.3 is 11.9 Å². The molecule has 118 valence electrons. The van der Waals surface area contributed by atoms with E-state index in [9.17, 15) is 14.0 Å². The number of carbonyl (C=O) groups excluding carboxylic acids is 2. The molecule has 1 aromatic carbocycles. The molecule has 2 rings (SSSR count). The largest absolute Gasteiger partial charge is 0.492 e. The van der Waals surface area contributed by atoms with Crippen molar-refractivity contribution in [2.75, 3.05) is 12.4 Å². The van der Waals surface area contributed by atoms with Gasteiger partial charge in [-0.1, -0.05) is 11.6 Å². The topological polar surface area (TPSA) is 73.9 Å². The Morgan fingerprint density at radius 1 is 1.27 bits per heavy atom. The van der Waals surface area contributed by atoms with Gasteiger partial charge in [-0.3, -0.25) is 0 Å². The first-order valence-electron chi connectivity index (χ1n) is 6.20. The van der Waals surface area contributed by atoms with E-state index in [4.69, 9.17) is 25.8 Å². The van der Waals surface area contributed by atoms with Crippen molar-refractivity contribution in [2.45, 2.75) is 19.6 Å². The molecule has 1 saturated heterocycles. The average Bonchev–Trinajstić information content (AvgIpc) is 2.35. The lowest BCUT2D eigenvalue weighted by atomic mass is 10.2. The van der Waals surface area contributed by atoms with E-state index in [1.807, 2.05) is 0 Å². The molecule has 0 spiro atoms. The highest BCUT2D eigenvalue weighted by molar-refractivity contribution is 6.32. The number of nitrogens with one attached hydrogen (secondary N) is 1. The molecule has 0 bridgehead atoms. The molecule has 0 radical (unpaired) electrons. The van der Waals surface area contributed by atoms with Gasteiger partial charge in [-0.25, -0.2) is 14.0 Å². The molecule has 0 aromatic heterocycles. The first-order chi connectivity index (χ1) is 10.2. The zero-order valence-corrected chi connectivity index (χ0v) is 12.8.